The maximum atomic E-state index is 12.0. The van der Waals surface area contributed by atoms with Gasteiger partial charge in [0.15, 0.2) is 6.61 Å². The summed E-state index contributed by atoms with van der Waals surface area (Å²) in [5.41, 5.74) is -0.0861. The number of rotatable bonds is 5. The Morgan fingerprint density at radius 2 is 1.80 bits per heavy atom. The number of anilines is 1. The Balaban J connectivity index is 1.67. The smallest absolute Gasteiger partial charge is 0.337 e. The van der Waals surface area contributed by atoms with Gasteiger partial charge >= 0.3 is 5.97 Å². The molecule has 0 aliphatic rings. The summed E-state index contributed by atoms with van der Waals surface area (Å²) in [7, 11) is 0. The number of amides is 1. The molecule has 7 nitrogen and oxygen atoms in total. The molecule has 0 atom stereocenters. The zero-order valence-electron chi connectivity index (χ0n) is 13.0. The van der Waals surface area contributed by atoms with E-state index in [1.807, 2.05) is 36.4 Å². The van der Waals surface area contributed by atoms with E-state index in [4.69, 9.17) is 9.94 Å². The Kier molecular flexibility index (Phi) is 4.47. The topological polar surface area (TPSA) is 97.6 Å². The van der Waals surface area contributed by atoms with Crippen LogP contribution in [0.25, 0.3) is 10.8 Å². The first-order valence-corrected chi connectivity index (χ1v) is 7.41. The molecule has 0 fully saturated rings. The Hall–Kier alpha value is -3.61. The van der Waals surface area contributed by atoms with Gasteiger partial charge in [-0.3, -0.25) is 9.59 Å². The van der Waals surface area contributed by atoms with Gasteiger partial charge in [0.1, 0.15) is 0 Å². The number of carboxylic acids is 1. The number of carbonyl (C=O) groups is 2. The summed E-state index contributed by atoms with van der Waals surface area (Å²) in [5.74, 6) is -1.67. The monoisotopic (exact) mass is 338 g/mol. The van der Waals surface area contributed by atoms with Crippen molar-refractivity contribution in [1.29, 1.82) is 0 Å². The van der Waals surface area contributed by atoms with Crippen molar-refractivity contribution in [2.45, 2.75) is 0 Å². The summed E-state index contributed by atoms with van der Waals surface area (Å²) in [6.45, 7) is -0.435. The predicted octanol–water partition coefficient (Wildman–Crippen LogP) is 1.77. The van der Waals surface area contributed by atoms with Gasteiger partial charge in [0, 0.05) is 11.8 Å². The molecule has 3 rings (SSSR count). The van der Waals surface area contributed by atoms with E-state index in [9.17, 15) is 14.4 Å². The highest BCUT2D eigenvalue weighted by Crippen LogP contribution is 2.18. The maximum Gasteiger partial charge on any atom is 0.337 e. The molecule has 1 heterocycles. The quantitative estimate of drug-likeness (QED) is 0.739. The van der Waals surface area contributed by atoms with E-state index in [-0.39, 0.29) is 5.56 Å². The SMILES string of the molecule is O=C(COn1cc(C(=O)O)ccc1=O)Nc1ccc2ccccc2c1. The number of carboxylic acid groups (broad SMARTS) is 1. The molecule has 2 aromatic carbocycles. The molecule has 0 aliphatic carbocycles. The van der Waals surface area contributed by atoms with Crippen molar-refractivity contribution in [3.8, 4) is 0 Å². The molecule has 0 spiro atoms. The van der Waals surface area contributed by atoms with Gasteiger partial charge in [-0.25, -0.2) is 4.79 Å². The molecular weight excluding hydrogens is 324 g/mol. The highest BCUT2D eigenvalue weighted by atomic mass is 16.7. The van der Waals surface area contributed by atoms with Crippen molar-refractivity contribution in [2.75, 3.05) is 11.9 Å². The third-order valence-electron chi connectivity index (χ3n) is 3.49. The lowest BCUT2D eigenvalue weighted by molar-refractivity contribution is -0.120. The molecule has 1 amide bonds. The first-order chi connectivity index (χ1) is 12.0. The second-order valence-corrected chi connectivity index (χ2v) is 5.27. The van der Waals surface area contributed by atoms with E-state index in [1.54, 1.807) is 6.07 Å². The molecule has 7 heteroatoms. The van der Waals surface area contributed by atoms with Crippen LogP contribution in [0.2, 0.25) is 0 Å². The third-order valence-corrected chi connectivity index (χ3v) is 3.49. The lowest BCUT2D eigenvalue weighted by Crippen LogP contribution is -2.32. The van der Waals surface area contributed by atoms with Crippen molar-refractivity contribution in [2.24, 2.45) is 0 Å². The molecule has 1 aromatic heterocycles. The molecule has 2 N–H and O–H groups in total. The summed E-state index contributed by atoms with van der Waals surface area (Å²) in [5, 5.41) is 13.6. The first kappa shape index (κ1) is 16.3. The van der Waals surface area contributed by atoms with Crippen LogP contribution in [0.5, 0.6) is 0 Å². The lowest BCUT2D eigenvalue weighted by Gasteiger charge is -2.10. The zero-order chi connectivity index (χ0) is 17.8. The van der Waals surface area contributed by atoms with Crippen LogP contribution in [0.15, 0.2) is 65.6 Å². The van der Waals surface area contributed by atoms with Crippen molar-refractivity contribution in [1.82, 2.24) is 4.73 Å². The van der Waals surface area contributed by atoms with Crippen LogP contribution in [0.3, 0.4) is 0 Å². The van der Waals surface area contributed by atoms with E-state index < -0.39 is 24.0 Å². The number of nitrogens with zero attached hydrogens (tertiary/aromatic N) is 1. The van der Waals surface area contributed by atoms with Gasteiger partial charge in [-0.1, -0.05) is 30.3 Å². The van der Waals surface area contributed by atoms with Crippen molar-refractivity contribution in [3.63, 3.8) is 0 Å². The summed E-state index contributed by atoms with van der Waals surface area (Å²) in [4.78, 5) is 39.6. The second kappa shape index (κ2) is 6.88. The molecule has 25 heavy (non-hydrogen) atoms. The average Bonchev–Trinajstić information content (AvgIpc) is 2.60. The van der Waals surface area contributed by atoms with Gasteiger partial charge < -0.3 is 15.3 Å². The van der Waals surface area contributed by atoms with Crippen LogP contribution in [0.1, 0.15) is 10.4 Å². The molecule has 0 bridgehead atoms. The van der Waals surface area contributed by atoms with Gasteiger partial charge in [-0.2, -0.15) is 4.73 Å². The fourth-order valence-corrected chi connectivity index (χ4v) is 2.29. The van der Waals surface area contributed by atoms with Gasteiger partial charge in [0.25, 0.3) is 11.5 Å². The molecule has 3 aromatic rings. The number of pyridine rings is 1. The molecule has 0 saturated carbocycles. The van der Waals surface area contributed by atoms with Gasteiger partial charge in [0.2, 0.25) is 0 Å². The number of aromatic carboxylic acids is 1. The molecule has 0 saturated heterocycles. The Labute approximate surface area is 142 Å². The maximum absolute atomic E-state index is 12.0. The van der Waals surface area contributed by atoms with E-state index >= 15 is 0 Å². The molecule has 126 valence electrons. The van der Waals surface area contributed by atoms with Crippen LogP contribution < -0.4 is 15.7 Å². The van der Waals surface area contributed by atoms with Gasteiger partial charge in [0.05, 0.1) is 11.8 Å². The van der Waals surface area contributed by atoms with E-state index in [1.165, 1.54) is 6.07 Å². The number of benzene rings is 2. The number of aromatic nitrogens is 1. The fraction of sp³-hybridized carbons (Fsp3) is 0.0556. The molecule has 0 unspecified atom stereocenters. The highest BCUT2D eigenvalue weighted by Gasteiger charge is 2.08. The minimum atomic E-state index is -1.20. The second-order valence-electron chi connectivity index (χ2n) is 5.27. The van der Waals surface area contributed by atoms with Crippen LogP contribution in [-0.4, -0.2) is 28.3 Å². The minimum Gasteiger partial charge on any atom is -0.478 e. The number of nitrogens with one attached hydrogen (secondary N) is 1. The summed E-state index contributed by atoms with van der Waals surface area (Å²) < 4.78 is 0.726. The number of hydrogen-bond acceptors (Lipinski definition) is 4. The largest absolute Gasteiger partial charge is 0.478 e. The van der Waals surface area contributed by atoms with Crippen LogP contribution in [0.4, 0.5) is 5.69 Å². The number of hydrogen-bond donors (Lipinski definition) is 2. The van der Waals surface area contributed by atoms with Crippen LogP contribution >= 0.6 is 0 Å². The highest BCUT2D eigenvalue weighted by molar-refractivity contribution is 5.95. The first-order valence-electron chi connectivity index (χ1n) is 7.41. The fourth-order valence-electron chi connectivity index (χ4n) is 2.29. The van der Waals surface area contributed by atoms with Crippen LogP contribution in [0, 0.1) is 0 Å². The summed E-state index contributed by atoms with van der Waals surface area (Å²) >= 11 is 0. The lowest BCUT2D eigenvalue weighted by atomic mass is 10.1. The van der Waals surface area contributed by atoms with E-state index in [0.29, 0.717) is 5.69 Å². The Morgan fingerprint density at radius 1 is 1.04 bits per heavy atom. The summed E-state index contributed by atoms with van der Waals surface area (Å²) in [6.07, 6.45) is 1.02. The number of carbonyl (C=O) groups excluding carboxylic acids is 1. The standard InChI is InChI=1S/C18H14N2O5/c21-16(11-25-20-10-14(18(23)24)6-8-17(20)22)19-15-7-5-12-3-1-2-4-13(12)9-15/h1-10H,11H2,(H,19,21)(H,23,24). The third kappa shape index (κ3) is 3.84. The van der Waals surface area contributed by atoms with Crippen LogP contribution in [-0.2, 0) is 4.79 Å². The van der Waals surface area contributed by atoms with Gasteiger partial charge in [-0.05, 0) is 29.0 Å². The van der Waals surface area contributed by atoms with Crippen molar-refractivity contribution < 1.29 is 19.5 Å². The Bertz CT molecular complexity index is 1010. The average molecular weight is 338 g/mol. The normalized spacial score (nSPS) is 10.4. The predicted molar refractivity (Wildman–Crippen MR) is 91.7 cm³/mol. The molecule has 0 aliphatic heterocycles. The van der Waals surface area contributed by atoms with E-state index in [2.05, 4.69) is 5.32 Å². The summed E-state index contributed by atoms with van der Waals surface area (Å²) in [6, 6.07) is 15.4. The Morgan fingerprint density at radius 3 is 2.56 bits per heavy atom. The number of fused-ring (bicyclic) bond motifs is 1. The zero-order valence-corrected chi connectivity index (χ0v) is 13.0. The molecule has 0 radical (unpaired) electrons. The van der Waals surface area contributed by atoms with Crippen molar-refractivity contribution in [3.05, 3.63) is 76.7 Å². The van der Waals surface area contributed by atoms with E-state index in [0.717, 1.165) is 27.8 Å². The van der Waals surface area contributed by atoms with Gasteiger partial charge in [-0.15, -0.1) is 0 Å². The minimum absolute atomic E-state index is 0.116. The van der Waals surface area contributed by atoms with Crippen molar-refractivity contribution >= 4 is 28.3 Å². The molecular formula is C18H14N2O5.